The van der Waals surface area contributed by atoms with Crippen molar-refractivity contribution in [2.45, 2.75) is 45.4 Å². The van der Waals surface area contributed by atoms with E-state index in [9.17, 15) is 0 Å². The Morgan fingerprint density at radius 1 is 1.15 bits per heavy atom. The first-order chi connectivity index (χ1) is 9.45. The standard InChI is InChI=1S/C18H30N2/c1-17(2)10-7-12-20(13-11-17)15-18(3,14-19)16-8-5-4-6-9-16/h4-6,8-9H,7,10-15,19H2,1-3H3. The molecule has 0 aliphatic carbocycles. The summed E-state index contributed by atoms with van der Waals surface area (Å²) >= 11 is 0. The van der Waals surface area contributed by atoms with Crippen molar-refractivity contribution in [2.24, 2.45) is 11.1 Å². The van der Waals surface area contributed by atoms with Gasteiger partial charge in [-0.05, 0) is 43.3 Å². The largest absolute Gasteiger partial charge is 0.330 e. The average Bonchev–Trinajstić information content (AvgIpc) is 2.61. The van der Waals surface area contributed by atoms with Gasteiger partial charge in [-0.25, -0.2) is 0 Å². The van der Waals surface area contributed by atoms with Gasteiger partial charge in [0.15, 0.2) is 0 Å². The minimum absolute atomic E-state index is 0.0652. The van der Waals surface area contributed by atoms with Crippen LogP contribution in [0.3, 0.4) is 0 Å². The summed E-state index contributed by atoms with van der Waals surface area (Å²) < 4.78 is 0. The number of benzene rings is 1. The van der Waals surface area contributed by atoms with E-state index in [1.165, 1.54) is 37.9 Å². The SMILES string of the molecule is CC1(C)CCCN(CC(C)(CN)c2ccccc2)CC1. The van der Waals surface area contributed by atoms with Crippen molar-refractivity contribution >= 4 is 0 Å². The molecule has 0 saturated carbocycles. The second kappa shape index (κ2) is 6.28. The molecule has 1 aromatic rings. The highest BCUT2D eigenvalue weighted by atomic mass is 15.1. The lowest BCUT2D eigenvalue weighted by Crippen LogP contribution is -2.44. The van der Waals surface area contributed by atoms with Gasteiger partial charge < -0.3 is 10.6 Å². The summed E-state index contributed by atoms with van der Waals surface area (Å²) in [6.45, 7) is 11.3. The van der Waals surface area contributed by atoms with Gasteiger partial charge in [0.25, 0.3) is 0 Å². The zero-order valence-corrected chi connectivity index (χ0v) is 13.4. The molecule has 0 bridgehead atoms. The molecule has 20 heavy (non-hydrogen) atoms. The zero-order valence-electron chi connectivity index (χ0n) is 13.4. The van der Waals surface area contributed by atoms with Crippen LogP contribution < -0.4 is 5.73 Å². The van der Waals surface area contributed by atoms with Gasteiger partial charge in [-0.15, -0.1) is 0 Å². The fraction of sp³-hybridized carbons (Fsp3) is 0.667. The Balaban J connectivity index is 2.06. The summed E-state index contributed by atoms with van der Waals surface area (Å²) in [6.07, 6.45) is 3.94. The molecule has 0 radical (unpaired) electrons. The number of nitrogens with two attached hydrogens (primary N) is 1. The molecule has 2 N–H and O–H groups in total. The highest BCUT2D eigenvalue weighted by Crippen LogP contribution is 2.31. The molecule has 2 nitrogen and oxygen atoms in total. The summed E-state index contributed by atoms with van der Waals surface area (Å²) in [4.78, 5) is 2.62. The monoisotopic (exact) mass is 274 g/mol. The van der Waals surface area contributed by atoms with Gasteiger partial charge in [0.1, 0.15) is 0 Å². The Bertz CT molecular complexity index is 413. The van der Waals surface area contributed by atoms with Gasteiger partial charge in [-0.3, -0.25) is 0 Å². The van der Waals surface area contributed by atoms with E-state index in [0.717, 1.165) is 6.54 Å². The van der Waals surface area contributed by atoms with E-state index in [1.54, 1.807) is 0 Å². The molecule has 2 rings (SSSR count). The molecule has 1 aliphatic rings. The van der Waals surface area contributed by atoms with Crippen molar-refractivity contribution in [3.05, 3.63) is 35.9 Å². The third-order valence-corrected chi connectivity index (χ3v) is 4.93. The Labute approximate surface area is 124 Å². The molecule has 1 heterocycles. The topological polar surface area (TPSA) is 29.3 Å². The quantitative estimate of drug-likeness (QED) is 0.911. The normalized spacial score (nSPS) is 23.0. The highest BCUT2D eigenvalue weighted by molar-refractivity contribution is 5.25. The maximum Gasteiger partial charge on any atom is 0.0174 e. The summed E-state index contributed by atoms with van der Waals surface area (Å²) in [7, 11) is 0. The fourth-order valence-electron chi connectivity index (χ4n) is 3.24. The van der Waals surface area contributed by atoms with Crippen molar-refractivity contribution in [1.29, 1.82) is 0 Å². The third kappa shape index (κ3) is 3.83. The molecule has 1 aliphatic heterocycles. The van der Waals surface area contributed by atoms with Gasteiger partial charge in [0.05, 0.1) is 0 Å². The van der Waals surface area contributed by atoms with E-state index in [2.05, 4.69) is 56.0 Å². The van der Waals surface area contributed by atoms with Crippen LogP contribution in [0.15, 0.2) is 30.3 Å². The number of rotatable bonds is 4. The van der Waals surface area contributed by atoms with Crippen LogP contribution in [0.25, 0.3) is 0 Å². The molecule has 0 aromatic heterocycles. The van der Waals surface area contributed by atoms with E-state index in [1.807, 2.05) is 0 Å². The van der Waals surface area contributed by atoms with Gasteiger partial charge >= 0.3 is 0 Å². The number of likely N-dealkylation sites (tertiary alicyclic amines) is 1. The fourth-order valence-corrected chi connectivity index (χ4v) is 3.24. The molecule has 1 fully saturated rings. The first-order valence-electron chi connectivity index (χ1n) is 7.93. The molecule has 1 saturated heterocycles. The second-order valence-corrected chi connectivity index (χ2v) is 7.42. The molecule has 0 amide bonds. The first kappa shape index (κ1) is 15.5. The summed E-state index contributed by atoms with van der Waals surface area (Å²) in [5.74, 6) is 0. The Morgan fingerprint density at radius 3 is 2.50 bits per heavy atom. The van der Waals surface area contributed by atoms with E-state index < -0.39 is 0 Å². The van der Waals surface area contributed by atoms with Crippen LogP contribution in [0, 0.1) is 5.41 Å². The van der Waals surface area contributed by atoms with Crippen LogP contribution in [0.4, 0.5) is 0 Å². The Kier molecular flexibility index (Phi) is 4.87. The summed E-state index contributed by atoms with van der Waals surface area (Å²) in [5.41, 5.74) is 8.05. The van der Waals surface area contributed by atoms with Crippen LogP contribution in [0.2, 0.25) is 0 Å². The van der Waals surface area contributed by atoms with E-state index >= 15 is 0 Å². The van der Waals surface area contributed by atoms with Gasteiger partial charge in [0, 0.05) is 18.5 Å². The molecule has 112 valence electrons. The van der Waals surface area contributed by atoms with Crippen molar-refractivity contribution < 1.29 is 0 Å². The molecular weight excluding hydrogens is 244 g/mol. The van der Waals surface area contributed by atoms with E-state index in [-0.39, 0.29) is 5.41 Å². The van der Waals surface area contributed by atoms with Crippen LogP contribution in [0.1, 0.15) is 45.6 Å². The van der Waals surface area contributed by atoms with Gasteiger partial charge in [-0.2, -0.15) is 0 Å². The molecule has 2 heteroatoms. The highest BCUT2D eigenvalue weighted by Gasteiger charge is 2.30. The number of nitrogens with zero attached hydrogens (tertiary/aromatic N) is 1. The maximum absolute atomic E-state index is 6.12. The van der Waals surface area contributed by atoms with Crippen LogP contribution in [-0.4, -0.2) is 31.1 Å². The van der Waals surface area contributed by atoms with Crippen LogP contribution in [0.5, 0.6) is 0 Å². The van der Waals surface area contributed by atoms with Crippen molar-refractivity contribution in [3.8, 4) is 0 Å². The lowest BCUT2D eigenvalue weighted by atomic mass is 9.82. The summed E-state index contributed by atoms with van der Waals surface area (Å²) in [5, 5.41) is 0. The average molecular weight is 274 g/mol. The number of hydrogen-bond acceptors (Lipinski definition) is 2. The minimum Gasteiger partial charge on any atom is -0.330 e. The molecule has 0 spiro atoms. The first-order valence-corrected chi connectivity index (χ1v) is 7.93. The van der Waals surface area contributed by atoms with E-state index in [0.29, 0.717) is 12.0 Å². The number of hydrogen-bond donors (Lipinski definition) is 1. The Morgan fingerprint density at radius 2 is 1.85 bits per heavy atom. The van der Waals surface area contributed by atoms with Crippen molar-refractivity contribution in [2.75, 3.05) is 26.2 Å². The second-order valence-electron chi connectivity index (χ2n) is 7.42. The van der Waals surface area contributed by atoms with Crippen LogP contribution >= 0.6 is 0 Å². The Hall–Kier alpha value is -0.860. The van der Waals surface area contributed by atoms with Crippen LogP contribution in [-0.2, 0) is 5.41 Å². The zero-order chi connectivity index (χ0) is 14.6. The lowest BCUT2D eigenvalue weighted by Gasteiger charge is -2.35. The predicted octanol–water partition coefficient (Wildman–Crippen LogP) is 3.42. The maximum atomic E-state index is 6.12. The van der Waals surface area contributed by atoms with Gasteiger partial charge in [0.2, 0.25) is 0 Å². The minimum atomic E-state index is 0.0652. The van der Waals surface area contributed by atoms with Crippen molar-refractivity contribution in [3.63, 3.8) is 0 Å². The predicted molar refractivity (Wildman–Crippen MR) is 86.9 cm³/mol. The molecule has 1 aromatic carbocycles. The summed E-state index contributed by atoms with van der Waals surface area (Å²) in [6, 6.07) is 10.8. The third-order valence-electron chi connectivity index (χ3n) is 4.93. The molecule has 1 unspecified atom stereocenters. The molecular formula is C18H30N2. The smallest absolute Gasteiger partial charge is 0.0174 e. The lowest BCUT2D eigenvalue weighted by molar-refractivity contribution is 0.215. The van der Waals surface area contributed by atoms with E-state index in [4.69, 9.17) is 5.73 Å². The molecule has 1 atom stereocenters. The van der Waals surface area contributed by atoms with Gasteiger partial charge in [-0.1, -0.05) is 51.1 Å². The van der Waals surface area contributed by atoms with Crippen molar-refractivity contribution in [1.82, 2.24) is 4.90 Å².